The first-order valence-corrected chi connectivity index (χ1v) is 9.13. The maximum absolute atomic E-state index is 12.2. The number of nitrogens with zero attached hydrogens (tertiary/aromatic N) is 2. The third-order valence-electron chi connectivity index (χ3n) is 2.95. The fourth-order valence-electron chi connectivity index (χ4n) is 1.95. The number of hydrogen-bond donors (Lipinski definition) is 2. The molecule has 7 nitrogen and oxygen atoms in total. The van der Waals surface area contributed by atoms with Gasteiger partial charge in [0.05, 0.1) is 23.2 Å². The number of benzene rings is 1. The number of carbonyl (C=O) groups is 1. The number of aromatic nitrogens is 2. The summed E-state index contributed by atoms with van der Waals surface area (Å²) in [4.78, 5) is 16.1. The lowest BCUT2D eigenvalue weighted by molar-refractivity contribution is 0.0953. The van der Waals surface area contributed by atoms with Gasteiger partial charge >= 0.3 is 0 Å². The summed E-state index contributed by atoms with van der Waals surface area (Å²) in [5.41, 5.74) is 0.517. The molecule has 1 amide bonds. The second-order valence-electron chi connectivity index (χ2n) is 4.98. The Morgan fingerprint density at radius 3 is 2.83 bits per heavy atom. The van der Waals surface area contributed by atoms with E-state index >= 15 is 0 Å². The summed E-state index contributed by atoms with van der Waals surface area (Å²) < 4.78 is 26.7. The average molecular weight is 357 g/mol. The molecular formula is C14H17ClN4O3S. The molecular weight excluding hydrogens is 340 g/mol. The third-order valence-corrected chi connectivity index (χ3v) is 3.89. The smallest absolute Gasteiger partial charge is 0.252 e. The molecule has 1 aromatic carbocycles. The molecule has 0 atom stereocenters. The van der Waals surface area contributed by atoms with Crippen LogP contribution >= 0.6 is 11.6 Å². The molecule has 2 aromatic rings. The minimum absolute atomic E-state index is 0.225. The lowest BCUT2D eigenvalue weighted by Gasteiger charge is -2.10. The van der Waals surface area contributed by atoms with E-state index in [9.17, 15) is 13.2 Å². The molecule has 0 aliphatic heterocycles. The Morgan fingerprint density at radius 2 is 2.17 bits per heavy atom. The van der Waals surface area contributed by atoms with Gasteiger partial charge in [-0.15, -0.1) is 0 Å². The first kappa shape index (κ1) is 17.3. The van der Waals surface area contributed by atoms with Crippen LogP contribution in [0, 0.1) is 0 Å². The molecule has 1 heterocycles. The van der Waals surface area contributed by atoms with E-state index in [1.165, 1.54) is 18.2 Å². The Kier molecular flexibility index (Phi) is 5.62. The van der Waals surface area contributed by atoms with Gasteiger partial charge in [-0.1, -0.05) is 11.6 Å². The van der Waals surface area contributed by atoms with Crippen LogP contribution in [0.15, 0.2) is 36.9 Å². The normalized spacial score (nSPS) is 11.2. The quantitative estimate of drug-likeness (QED) is 0.739. The lowest BCUT2D eigenvalue weighted by Crippen LogP contribution is -2.25. The highest BCUT2D eigenvalue weighted by atomic mass is 35.5. The van der Waals surface area contributed by atoms with Crippen molar-refractivity contribution in [1.82, 2.24) is 14.9 Å². The van der Waals surface area contributed by atoms with Gasteiger partial charge in [0.1, 0.15) is 0 Å². The van der Waals surface area contributed by atoms with Gasteiger partial charge in [0.15, 0.2) is 0 Å². The number of carbonyl (C=O) groups excluding carboxylic acids is 1. The first-order chi connectivity index (χ1) is 10.8. The van der Waals surface area contributed by atoms with Crippen molar-refractivity contribution in [3.63, 3.8) is 0 Å². The highest BCUT2D eigenvalue weighted by Gasteiger charge is 2.12. The van der Waals surface area contributed by atoms with Crippen molar-refractivity contribution in [2.75, 3.05) is 17.5 Å². The zero-order valence-electron chi connectivity index (χ0n) is 12.5. The summed E-state index contributed by atoms with van der Waals surface area (Å²) in [6.45, 7) is 1.21. The Morgan fingerprint density at radius 1 is 1.39 bits per heavy atom. The molecule has 124 valence electrons. The van der Waals surface area contributed by atoms with Gasteiger partial charge in [-0.25, -0.2) is 13.4 Å². The SMILES string of the molecule is CS(=O)(=O)Nc1ccc(Cl)c(C(=O)NCCCn2ccnc2)c1. The van der Waals surface area contributed by atoms with Crippen LogP contribution < -0.4 is 10.0 Å². The van der Waals surface area contributed by atoms with Crippen molar-refractivity contribution in [1.29, 1.82) is 0 Å². The van der Waals surface area contributed by atoms with Crippen molar-refractivity contribution in [3.8, 4) is 0 Å². The van der Waals surface area contributed by atoms with E-state index < -0.39 is 10.0 Å². The predicted molar refractivity (Wildman–Crippen MR) is 89.1 cm³/mol. The standard InChI is InChI=1S/C14H17ClN4O3S/c1-23(21,22)18-11-3-4-13(15)12(9-11)14(20)17-5-2-7-19-8-6-16-10-19/h3-4,6,8-10,18H,2,5,7H2,1H3,(H,17,20). The molecule has 0 unspecified atom stereocenters. The summed E-state index contributed by atoms with van der Waals surface area (Å²) in [5.74, 6) is -0.349. The molecule has 0 saturated heterocycles. The molecule has 0 aliphatic carbocycles. The van der Waals surface area contributed by atoms with Gasteiger partial charge in [0, 0.05) is 31.2 Å². The van der Waals surface area contributed by atoms with Crippen molar-refractivity contribution in [2.45, 2.75) is 13.0 Å². The summed E-state index contributed by atoms with van der Waals surface area (Å²) in [6.07, 6.45) is 7.02. The average Bonchev–Trinajstić information content (AvgIpc) is 2.97. The van der Waals surface area contributed by atoms with Crippen molar-refractivity contribution < 1.29 is 13.2 Å². The predicted octanol–water partition coefficient (Wildman–Crippen LogP) is 1.73. The molecule has 1 aromatic heterocycles. The van der Waals surface area contributed by atoms with Gasteiger partial charge < -0.3 is 9.88 Å². The molecule has 0 spiro atoms. The Labute approximate surface area is 139 Å². The van der Waals surface area contributed by atoms with Crippen LogP contribution in [0.1, 0.15) is 16.8 Å². The summed E-state index contributed by atoms with van der Waals surface area (Å²) in [7, 11) is -3.41. The summed E-state index contributed by atoms with van der Waals surface area (Å²) >= 11 is 6.01. The van der Waals surface area contributed by atoms with Gasteiger partial charge in [0.25, 0.3) is 5.91 Å². The second kappa shape index (κ2) is 7.47. The monoisotopic (exact) mass is 356 g/mol. The van der Waals surface area contributed by atoms with E-state index in [0.717, 1.165) is 19.2 Å². The highest BCUT2D eigenvalue weighted by molar-refractivity contribution is 7.92. The number of nitrogens with one attached hydrogen (secondary N) is 2. The van der Waals surface area contributed by atoms with Crippen molar-refractivity contribution >= 4 is 33.2 Å². The number of imidazole rings is 1. The zero-order valence-corrected chi connectivity index (χ0v) is 14.1. The molecule has 0 saturated carbocycles. The van der Waals surface area contributed by atoms with Crippen molar-refractivity contribution in [2.24, 2.45) is 0 Å². The third kappa shape index (κ3) is 5.57. The van der Waals surface area contributed by atoms with Crippen LogP contribution in [-0.4, -0.2) is 36.7 Å². The summed E-state index contributed by atoms with van der Waals surface area (Å²) in [5, 5.41) is 3.02. The van der Waals surface area contributed by atoms with Crippen molar-refractivity contribution in [3.05, 3.63) is 47.5 Å². The largest absolute Gasteiger partial charge is 0.352 e. The molecule has 0 radical (unpaired) electrons. The number of hydrogen-bond acceptors (Lipinski definition) is 4. The van der Waals surface area contributed by atoms with Crippen LogP contribution in [0.2, 0.25) is 5.02 Å². The van der Waals surface area contributed by atoms with E-state index in [1.54, 1.807) is 12.5 Å². The molecule has 2 N–H and O–H groups in total. The maximum atomic E-state index is 12.2. The fraction of sp³-hybridized carbons (Fsp3) is 0.286. The molecule has 9 heteroatoms. The topological polar surface area (TPSA) is 93.1 Å². The number of rotatable bonds is 7. The molecule has 0 fully saturated rings. The minimum Gasteiger partial charge on any atom is -0.352 e. The van der Waals surface area contributed by atoms with E-state index in [0.29, 0.717) is 12.2 Å². The van der Waals surface area contributed by atoms with Crippen LogP contribution in [0.25, 0.3) is 0 Å². The molecule has 0 bridgehead atoms. The van der Waals surface area contributed by atoms with Crippen LogP contribution in [0.5, 0.6) is 0 Å². The number of anilines is 1. The number of sulfonamides is 1. The molecule has 23 heavy (non-hydrogen) atoms. The zero-order chi connectivity index (χ0) is 16.9. The number of aryl methyl sites for hydroxylation is 1. The molecule has 2 rings (SSSR count). The minimum atomic E-state index is -3.41. The van der Waals surface area contributed by atoms with Crippen LogP contribution in [-0.2, 0) is 16.6 Å². The van der Waals surface area contributed by atoms with Crippen LogP contribution in [0.4, 0.5) is 5.69 Å². The Balaban J connectivity index is 1.94. The number of halogens is 1. The van der Waals surface area contributed by atoms with Crippen LogP contribution in [0.3, 0.4) is 0 Å². The Bertz CT molecular complexity index is 775. The molecule has 0 aliphatic rings. The lowest BCUT2D eigenvalue weighted by atomic mass is 10.2. The van der Waals surface area contributed by atoms with Gasteiger partial charge in [0.2, 0.25) is 10.0 Å². The maximum Gasteiger partial charge on any atom is 0.252 e. The number of amides is 1. The van der Waals surface area contributed by atoms with E-state index in [1.807, 2.05) is 10.8 Å². The van der Waals surface area contributed by atoms with E-state index in [4.69, 9.17) is 11.6 Å². The highest BCUT2D eigenvalue weighted by Crippen LogP contribution is 2.21. The first-order valence-electron chi connectivity index (χ1n) is 6.86. The Hall–Kier alpha value is -2.06. The fourth-order valence-corrected chi connectivity index (χ4v) is 2.71. The van der Waals surface area contributed by atoms with Gasteiger partial charge in [-0.05, 0) is 24.6 Å². The van der Waals surface area contributed by atoms with Gasteiger partial charge in [-0.3, -0.25) is 9.52 Å². The van der Waals surface area contributed by atoms with E-state index in [2.05, 4.69) is 15.0 Å². The summed E-state index contributed by atoms with van der Waals surface area (Å²) in [6, 6.07) is 4.39. The second-order valence-corrected chi connectivity index (χ2v) is 7.13. The van der Waals surface area contributed by atoms with E-state index in [-0.39, 0.29) is 16.5 Å². The van der Waals surface area contributed by atoms with Gasteiger partial charge in [-0.2, -0.15) is 0 Å².